The summed E-state index contributed by atoms with van der Waals surface area (Å²) in [5.74, 6) is 0.205. The molecule has 0 atom stereocenters. The maximum Gasteiger partial charge on any atom is 0.258 e. The summed E-state index contributed by atoms with van der Waals surface area (Å²) in [6.45, 7) is 0.293. The second kappa shape index (κ2) is 9.79. The van der Waals surface area contributed by atoms with Gasteiger partial charge >= 0.3 is 0 Å². The third-order valence-corrected chi connectivity index (χ3v) is 6.00. The standard InChI is InChI=1S/C28H25FN4O4/c1-32(2)16-25(34)33(3)20-8-6-19(7-9-20)30-27(17-4-11-23-24(14-17)37-13-12-36-23)26-21-10-5-18(29)15-22(21)31-28(26)35/h4-15,30H,16H2,1-3H3,(H,31,35)/b27-26-. The highest BCUT2D eigenvalue weighted by molar-refractivity contribution is 6.37. The Bertz CT molecular complexity index is 1450. The van der Waals surface area contributed by atoms with E-state index in [-0.39, 0.29) is 11.8 Å². The minimum absolute atomic E-state index is 0.0367. The van der Waals surface area contributed by atoms with Gasteiger partial charge in [-0.2, -0.15) is 0 Å². The Morgan fingerprint density at radius 3 is 2.41 bits per heavy atom. The number of anilines is 3. The van der Waals surface area contributed by atoms with Gasteiger partial charge in [-0.15, -0.1) is 0 Å². The summed E-state index contributed by atoms with van der Waals surface area (Å²) in [7, 11) is 5.41. The molecule has 2 heterocycles. The molecule has 2 amide bonds. The zero-order valence-electron chi connectivity index (χ0n) is 20.5. The first-order chi connectivity index (χ1) is 17.8. The van der Waals surface area contributed by atoms with Crippen molar-refractivity contribution in [1.82, 2.24) is 4.90 Å². The normalized spacial score (nSPS) is 14.8. The Morgan fingerprint density at radius 1 is 0.946 bits per heavy atom. The lowest BCUT2D eigenvalue weighted by Gasteiger charge is -2.21. The van der Waals surface area contributed by atoms with Crippen LogP contribution in [0.5, 0.6) is 11.5 Å². The molecular weight excluding hydrogens is 475 g/mol. The molecule has 2 N–H and O–H groups in total. The van der Waals surface area contributed by atoms with E-state index in [1.807, 2.05) is 49.3 Å². The summed E-state index contributed by atoms with van der Waals surface area (Å²) < 4.78 is 24.9. The van der Waals surface area contributed by atoms with E-state index >= 15 is 0 Å². The summed E-state index contributed by atoms with van der Waals surface area (Å²) in [5.41, 5.74) is 3.95. The molecule has 3 aromatic rings. The fourth-order valence-electron chi connectivity index (χ4n) is 4.16. The molecule has 0 saturated carbocycles. The van der Waals surface area contributed by atoms with Crippen molar-refractivity contribution >= 4 is 40.1 Å². The third kappa shape index (κ3) is 4.89. The lowest BCUT2D eigenvalue weighted by molar-refractivity contribution is -0.119. The van der Waals surface area contributed by atoms with Crippen LogP contribution in [-0.4, -0.2) is 44.4 Å². The molecule has 3 aromatic carbocycles. The highest BCUT2D eigenvalue weighted by Gasteiger charge is 2.29. The van der Waals surface area contributed by atoms with Gasteiger partial charge in [-0.3, -0.25) is 9.59 Å². The number of carbonyl (C=O) groups is 2. The predicted octanol–water partition coefficient (Wildman–Crippen LogP) is 4.53. The second-order valence-electron chi connectivity index (χ2n) is 8.93. The van der Waals surface area contributed by atoms with Crippen molar-refractivity contribution in [3.8, 4) is 11.5 Å². The van der Waals surface area contributed by atoms with Crippen molar-refractivity contribution in [2.75, 3.05) is 43.2 Å². The molecule has 0 saturated heterocycles. The number of benzene rings is 3. The number of nitrogens with one attached hydrogen (secondary N) is 2. The molecule has 0 unspecified atom stereocenters. The number of nitrogens with zero attached hydrogens (tertiary/aromatic N) is 2. The minimum atomic E-state index is -0.440. The number of ether oxygens (including phenoxy) is 2. The van der Waals surface area contributed by atoms with Crippen molar-refractivity contribution in [2.45, 2.75) is 0 Å². The van der Waals surface area contributed by atoms with Crippen LogP contribution in [-0.2, 0) is 9.59 Å². The van der Waals surface area contributed by atoms with E-state index in [0.29, 0.717) is 51.8 Å². The maximum absolute atomic E-state index is 13.9. The average molecular weight is 501 g/mol. The molecule has 2 aliphatic heterocycles. The van der Waals surface area contributed by atoms with Gasteiger partial charge in [0.1, 0.15) is 18.3 Å². The van der Waals surface area contributed by atoms with E-state index in [2.05, 4.69) is 10.6 Å². The lowest BCUT2D eigenvalue weighted by atomic mass is 9.99. The van der Waals surface area contributed by atoms with Crippen LogP contribution in [0.2, 0.25) is 0 Å². The minimum Gasteiger partial charge on any atom is -0.458 e. The number of halogens is 1. The average Bonchev–Trinajstić information content (AvgIpc) is 3.21. The molecule has 188 valence electrons. The van der Waals surface area contributed by atoms with Crippen LogP contribution in [0.3, 0.4) is 0 Å². The largest absolute Gasteiger partial charge is 0.458 e. The van der Waals surface area contributed by atoms with Gasteiger partial charge in [0.15, 0.2) is 11.5 Å². The lowest BCUT2D eigenvalue weighted by Crippen LogP contribution is -2.34. The molecule has 0 aromatic heterocycles. The number of hydrogen-bond donors (Lipinski definition) is 2. The number of likely N-dealkylation sites (N-methyl/N-ethyl adjacent to an activating group) is 2. The number of hydrogen-bond acceptors (Lipinski definition) is 6. The number of amides is 2. The molecule has 0 fully saturated rings. The second-order valence-corrected chi connectivity index (χ2v) is 8.93. The van der Waals surface area contributed by atoms with Gasteiger partial charge in [-0.05, 0) is 74.8 Å². The van der Waals surface area contributed by atoms with E-state index in [4.69, 9.17) is 9.47 Å². The molecule has 0 radical (unpaired) electrons. The summed E-state index contributed by atoms with van der Waals surface area (Å²) in [5, 5.41) is 6.10. The van der Waals surface area contributed by atoms with Gasteiger partial charge in [0.2, 0.25) is 5.91 Å². The first-order valence-electron chi connectivity index (χ1n) is 11.6. The SMILES string of the molecule is CN(C)CC(=O)N(C)c1ccc(N/C(=C2\C(=O)Nc3cc(F)ccc32)c2ccc3c(c2)OC=CO3)cc1. The first-order valence-corrected chi connectivity index (χ1v) is 11.6. The Labute approximate surface area is 213 Å². The molecule has 37 heavy (non-hydrogen) atoms. The van der Waals surface area contributed by atoms with E-state index in [9.17, 15) is 14.0 Å². The zero-order valence-corrected chi connectivity index (χ0v) is 20.5. The summed E-state index contributed by atoms with van der Waals surface area (Å²) >= 11 is 0. The van der Waals surface area contributed by atoms with Crippen molar-refractivity contribution in [3.05, 3.63) is 90.1 Å². The fraction of sp³-hybridized carbons (Fsp3) is 0.143. The number of rotatable bonds is 6. The van der Waals surface area contributed by atoms with Crippen LogP contribution in [0.15, 0.2) is 73.2 Å². The Morgan fingerprint density at radius 2 is 1.68 bits per heavy atom. The van der Waals surface area contributed by atoms with Crippen LogP contribution in [0.25, 0.3) is 11.3 Å². The molecule has 0 spiro atoms. The smallest absolute Gasteiger partial charge is 0.258 e. The summed E-state index contributed by atoms with van der Waals surface area (Å²) in [6.07, 6.45) is 2.87. The zero-order chi connectivity index (χ0) is 26.1. The summed E-state index contributed by atoms with van der Waals surface area (Å²) in [6, 6.07) is 16.8. The topological polar surface area (TPSA) is 83.1 Å². The number of carbonyl (C=O) groups excluding carboxylic acids is 2. The Kier molecular flexibility index (Phi) is 6.37. The van der Waals surface area contributed by atoms with Crippen LogP contribution in [0.1, 0.15) is 11.1 Å². The molecular formula is C28H25FN4O4. The summed E-state index contributed by atoms with van der Waals surface area (Å²) in [4.78, 5) is 28.9. The van der Waals surface area contributed by atoms with Gasteiger partial charge in [0.25, 0.3) is 5.91 Å². The van der Waals surface area contributed by atoms with Crippen LogP contribution in [0.4, 0.5) is 21.5 Å². The molecule has 8 nitrogen and oxygen atoms in total. The van der Waals surface area contributed by atoms with E-state index in [1.54, 1.807) is 30.1 Å². The highest BCUT2D eigenvalue weighted by Crippen LogP contribution is 2.40. The fourth-order valence-corrected chi connectivity index (χ4v) is 4.16. The Balaban J connectivity index is 1.54. The van der Waals surface area contributed by atoms with Crippen molar-refractivity contribution in [2.24, 2.45) is 0 Å². The maximum atomic E-state index is 13.9. The molecule has 0 bridgehead atoms. The van der Waals surface area contributed by atoms with Gasteiger partial charge in [0.05, 0.1) is 23.5 Å². The van der Waals surface area contributed by atoms with E-state index in [0.717, 1.165) is 5.69 Å². The molecule has 0 aliphatic carbocycles. The van der Waals surface area contributed by atoms with Crippen molar-refractivity contribution in [1.29, 1.82) is 0 Å². The van der Waals surface area contributed by atoms with Gasteiger partial charge in [0, 0.05) is 29.5 Å². The first kappa shape index (κ1) is 24.1. The van der Waals surface area contributed by atoms with Crippen LogP contribution >= 0.6 is 0 Å². The monoisotopic (exact) mass is 500 g/mol. The van der Waals surface area contributed by atoms with Crippen molar-refractivity contribution in [3.63, 3.8) is 0 Å². The predicted molar refractivity (Wildman–Crippen MR) is 141 cm³/mol. The van der Waals surface area contributed by atoms with Gasteiger partial charge in [-0.25, -0.2) is 4.39 Å². The molecule has 9 heteroatoms. The van der Waals surface area contributed by atoms with Crippen molar-refractivity contribution < 1.29 is 23.5 Å². The molecule has 2 aliphatic rings. The Hall–Kier alpha value is -4.63. The van der Waals surface area contributed by atoms with Gasteiger partial charge in [-0.1, -0.05) is 0 Å². The molecule has 5 rings (SSSR count). The number of fused-ring (bicyclic) bond motifs is 2. The van der Waals surface area contributed by atoms with E-state index < -0.39 is 5.82 Å². The van der Waals surface area contributed by atoms with Crippen LogP contribution in [0, 0.1) is 5.82 Å². The van der Waals surface area contributed by atoms with E-state index in [1.165, 1.54) is 24.7 Å². The quantitative estimate of drug-likeness (QED) is 0.484. The van der Waals surface area contributed by atoms with Gasteiger partial charge < -0.3 is 29.9 Å². The third-order valence-electron chi connectivity index (χ3n) is 6.00. The highest BCUT2D eigenvalue weighted by atomic mass is 19.1. The van der Waals surface area contributed by atoms with Crippen LogP contribution < -0.4 is 25.0 Å².